The number of carbonyl (C=O) groups excluding carboxylic acids is 1. The lowest BCUT2D eigenvalue weighted by molar-refractivity contribution is -0.129. The van der Waals surface area contributed by atoms with Crippen LogP contribution in [-0.2, 0) is 17.9 Å². The molecule has 2 aromatic carbocycles. The Morgan fingerprint density at radius 1 is 0.882 bits per heavy atom. The molecule has 0 aliphatic heterocycles. The Morgan fingerprint density at radius 3 is 2.09 bits per heavy atom. The maximum atomic E-state index is 13.3. The van der Waals surface area contributed by atoms with Gasteiger partial charge < -0.3 is 15.5 Å². The van der Waals surface area contributed by atoms with Crippen LogP contribution in [0.4, 0.5) is 11.9 Å². The van der Waals surface area contributed by atoms with E-state index >= 15 is 0 Å². The second kappa shape index (κ2) is 11.5. The molecule has 0 unspecified atom stereocenters. The van der Waals surface area contributed by atoms with Crippen LogP contribution in [0.25, 0.3) is 5.78 Å². The molecule has 2 heterocycles. The Bertz CT molecular complexity index is 1170. The van der Waals surface area contributed by atoms with E-state index in [0.717, 1.165) is 11.1 Å². The molecule has 9 nitrogen and oxygen atoms in total. The van der Waals surface area contributed by atoms with Crippen LogP contribution in [0.1, 0.15) is 25.0 Å². The summed E-state index contributed by atoms with van der Waals surface area (Å²) >= 11 is 1.33. The highest BCUT2D eigenvalue weighted by Gasteiger charge is 2.19. The normalized spacial score (nSPS) is 10.9. The van der Waals surface area contributed by atoms with Crippen molar-refractivity contribution in [3.63, 3.8) is 0 Å². The fourth-order valence-electron chi connectivity index (χ4n) is 3.45. The van der Waals surface area contributed by atoms with Gasteiger partial charge in [-0.1, -0.05) is 72.4 Å². The summed E-state index contributed by atoms with van der Waals surface area (Å²) < 4.78 is 1.75. The lowest BCUT2D eigenvalue weighted by Crippen LogP contribution is -2.31. The lowest BCUT2D eigenvalue weighted by Gasteiger charge is -2.23. The quantitative estimate of drug-likeness (QED) is 0.316. The molecule has 4 rings (SSSR count). The van der Waals surface area contributed by atoms with Crippen molar-refractivity contribution in [2.75, 3.05) is 29.5 Å². The zero-order valence-corrected chi connectivity index (χ0v) is 20.1. The fraction of sp³-hybridized carbons (Fsp3) is 0.292. The van der Waals surface area contributed by atoms with Gasteiger partial charge in [-0.25, -0.2) is 4.40 Å². The van der Waals surface area contributed by atoms with Gasteiger partial charge in [0.2, 0.25) is 17.8 Å². The number of anilines is 2. The predicted octanol–water partition coefficient (Wildman–Crippen LogP) is 3.70. The van der Waals surface area contributed by atoms with Crippen molar-refractivity contribution in [1.29, 1.82) is 0 Å². The highest BCUT2D eigenvalue weighted by molar-refractivity contribution is 7.99. The van der Waals surface area contributed by atoms with Crippen molar-refractivity contribution in [2.24, 2.45) is 0 Å². The summed E-state index contributed by atoms with van der Waals surface area (Å²) in [5, 5.41) is 15.4. The van der Waals surface area contributed by atoms with Crippen molar-refractivity contribution < 1.29 is 4.79 Å². The second-order valence-electron chi connectivity index (χ2n) is 7.56. The second-order valence-corrected chi connectivity index (χ2v) is 8.50. The zero-order valence-electron chi connectivity index (χ0n) is 19.3. The fourth-order valence-corrected chi connectivity index (χ4v) is 4.29. The number of rotatable bonds is 11. The standard InChI is InChI=1S/C24H28N8OS/c1-3-25-21-27-22(26-4-2)32-23(28-21)29-30-24(32)34-17-20(33)31(15-18-11-7-5-8-12-18)16-19-13-9-6-10-14-19/h5-14H,3-4,15-17H2,1-2H3,(H2,25,26,27,28,29). The summed E-state index contributed by atoms with van der Waals surface area (Å²) in [6.07, 6.45) is 0. The van der Waals surface area contributed by atoms with E-state index in [1.165, 1.54) is 11.8 Å². The van der Waals surface area contributed by atoms with Crippen LogP contribution in [0.2, 0.25) is 0 Å². The highest BCUT2D eigenvalue weighted by atomic mass is 32.2. The van der Waals surface area contributed by atoms with Gasteiger partial charge in [-0.15, -0.1) is 10.2 Å². The molecule has 0 aliphatic carbocycles. The van der Waals surface area contributed by atoms with Gasteiger partial charge in [-0.3, -0.25) is 4.79 Å². The van der Waals surface area contributed by atoms with Crippen molar-refractivity contribution >= 4 is 35.3 Å². The third-order valence-corrected chi connectivity index (χ3v) is 5.94. The summed E-state index contributed by atoms with van der Waals surface area (Å²) in [5.74, 6) is 1.75. The van der Waals surface area contributed by atoms with E-state index in [2.05, 4.69) is 30.8 Å². The molecule has 0 fully saturated rings. The number of benzene rings is 2. The highest BCUT2D eigenvalue weighted by Crippen LogP contribution is 2.22. The van der Waals surface area contributed by atoms with Crippen molar-refractivity contribution in [2.45, 2.75) is 32.1 Å². The van der Waals surface area contributed by atoms with E-state index < -0.39 is 0 Å². The number of carbonyl (C=O) groups is 1. The summed E-state index contributed by atoms with van der Waals surface area (Å²) in [6, 6.07) is 20.0. The third-order valence-electron chi connectivity index (χ3n) is 5.03. The first-order valence-electron chi connectivity index (χ1n) is 11.3. The molecule has 10 heteroatoms. The molecule has 4 aromatic rings. The maximum Gasteiger partial charge on any atom is 0.261 e. The summed E-state index contributed by atoms with van der Waals surface area (Å²) in [7, 11) is 0. The number of thioether (sulfide) groups is 1. The number of amides is 1. The molecular weight excluding hydrogens is 448 g/mol. The summed E-state index contributed by atoms with van der Waals surface area (Å²) in [5.41, 5.74) is 2.17. The number of hydrogen-bond acceptors (Lipinski definition) is 8. The first-order chi connectivity index (χ1) is 16.7. The summed E-state index contributed by atoms with van der Waals surface area (Å²) in [6.45, 7) is 6.42. The third kappa shape index (κ3) is 5.82. The Kier molecular flexibility index (Phi) is 7.92. The van der Waals surface area contributed by atoms with Gasteiger partial charge in [-0.2, -0.15) is 9.97 Å². The monoisotopic (exact) mass is 476 g/mol. The molecule has 0 atom stereocenters. The molecule has 0 bridgehead atoms. The van der Waals surface area contributed by atoms with Gasteiger partial charge in [0.1, 0.15) is 0 Å². The maximum absolute atomic E-state index is 13.3. The Morgan fingerprint density at radius 2 is 1.50 bits per heavy atom. The zero-order chi connectivity index (χ0) is 23.8. The SMILES string of the molecule is CCNc1nc(NCC)n2c(SCC(=O)N(Cc3ccccc3)Cc3ccccc3)nnc2n1. The smallest absolute Gasteiger partial charge is 0.261 e. The average molecular weight is 477 g/mol. The number of nitrogens with zero attached hydrogens (tertiary/aromatic N) is 6. The van der Waals surface area contributed by atoms with Gasteiger partial charge in [0.05, 0.1) is 5.75 Å². The molecule has 0 aliphatic rings. The minimum absolute atomic E-state index is 0.0182. The van der Waals surface area contributed by atoms with Gasteiger partial charge in [0.25, 0.3) is 5.78 Å². The molecule has 0 spiro atoms. The number of nitrogens with one attached hydrogen (secondary N) is 2. The van der Waals surface area contributed by atoms with Crippen LogP contribution in [0.15, 0.2) is 65.8 Å². The van der Waals surface area contributed by atoms with Gasteiger partial charge in [-0.05, 0) is 25.0 Å². The van der Waals surface area contributed by atoms with Crippen molar-refractivity contribution in [3.8, 4) is 0 Å². The molecule has 0 saturated carbocycles. The molecule has 0 saturated heterocycles. The first kappa shape index (κ1) is 23.5. The van der Waals surface area contributed by atoms with Crippen molar-refractivity contribution in [3.05, 3.63) is 71.8 Å². The molecule has 0 radical (unpaired) electrons. The van der Waals surface area contributed by atoms with E-state index in [9.17, 15) is 4.79 Å². The van der Waals surface area contributed by atoms with Crippen LogP contribution >= 0.6 is 11.8 Å². The summed E-state index contributed by atoms with van der Waals surface area (Å²) in [4.78, 5) is 24.1. The molecule has 2 aromatic heterocycles. The molecule has 1 amide bonds. The van der Waals surface area contributed by atoms with E-state index in [1.54, 1.807) is 4.40 Å². The Labute approximate surface area is 203 Å². The predicted molar refractivity (Wildman–Crippen MR) is 135 cm³/mol. The molecule has 34 heavy (non-hydrogen) atoms. The Hall–Kier alpha value is -3.66. The topological polar surface area (TPSA) is 100 Å². The first-order valence-corrected chi connectivity index (χ1v) is 12.3. The van der Waals surface area contributed by atoms with E-state index in [-0.39, 0.29) is 11.7 Å². The van der Waals surface area contributed by atoms with Crippen molar-refractivity contribution in [1.82, 2.24) is 29.5 Å². The van der Waals surface area contributed by atoms with Crippen LogP contribution < -0.4 is 10.6 Å². The van der Waals surface area contributed by atoms with E-state index in [0.29, 0.717) is 49.0 Å². The van der Waals surface area contributed by atoms with Crippen LogP contribution in [0, 0.1) is 0 Å². The number of aromatic nitrogens is 5. The molecule has 2 N–H and O–H groups in total. The minimum Gasteiger partial charge on any atom is -0.355 e. The minimum atomic E-state index is 0.0182. The van der Waals surface area contributed by atoms with E-state index in [1.807, 2.05) is 79.4 Å². The van der Waals surface area contributed by atoms with Crippen LogP contribution in [-0.4, -0.2) is 54.2 Å². The molecular formula is C24H28N8OS. The van der Waals surface area contributed by atoms with Gasteiger partial charge in [0.15, 0.2) is 5.16 Å². The number of fused-ring (bicyclic) bond motifs is 1. The van der Waals surface area contributed by atoms with Gasteiger partial charge >= 0.3 is 0 Å². The van der Waals surface area contributed by atoms with Gasteiger partial charge in [0, 0.05) is 26.2 Å². The lowest BCUT2D eigenvalue weighted by atomic mass is 10.1. The number of hydrogen-bond donors (Lipinski definition) is 2. The van der Waals surface area contributed by atoms with Crippen LogP contribution in [0.5, 0.6) is 0 Å². The average Bonchev–Trinajstić information content (AvgIpc) is 3.27. The van der Waals surface area contributed by atoms with E-state index in [4.69, 9.17) is 0 Å². The molecule has 176 valence electrons. The van der Waals surface area contributed by atoms with Crippen LogP contribution in [0.3, 0.4) is 0 Å². The Balaban J connectivity index is 1.53. The largest absolute Gasteiger partial charge is 0.355 e.